The van der Waals surface area contributed by atoms with E-state index in [1.54, 1.807) is 36.7 Å². The summed E-state index contributed by atoms with van der Waals surface area (Å²) in [5, 5.41) is 3.87. The van der Waals surface area contributed by atoms with Crippen molar-refractivity contribution >= 4 is 40.2 Å². The number of piperidine rings is 1. The highest BCUT2D eigenvalue weighted by Gasteiger charge is 2.25. The van der Waals surface area contributed by atoms with E-state index >= 15 is 0 Å². The number of halogens is 2. The summed E-state index contributed by atoms with van der Waals surface area (Å²) in [6, 6.07) is 15.9. The summed E-state index contributed by atoms with van der Waals surface area (Å²) < 4.78 is 20.9. The Hall–Kier alpha value is -3.08. The van der Waals surface area contributed by atoms with Crippen molar-refractivity contribution in [3.63, 3.8) is 0 Å². The van der Waals surface area contributed by atoms with Crippen LogP contribution in [-0.2, 0) is 11.1 Å². The second-order valence-corrected chi connectivity index (χ2v) is 11.8. The average Bonchev–Trinajstić information content (AvgIpc) is 3.44. The number of aromatic nitrogens is 3. The highest BCUT2D eigenvalue weighted by molar-refractivity contribution is 7.79. The lowest BCUT2D eigenvalue weighted by Crippen LogP contribution is -2.34. The van der Waals surface area contributed by atoms with Gasteiger partial charge in [-0.25, -0.2) is 9.19 Å². The maximum Gasteiger partial charge on any atom is 0.252 e. The molecule has 1 aliphatic rings. The predicted molar refractivity (Wildman–Crippen MR) is 163 cm³/mol. The lowest BCUT2D eigenvalue weighted by atomic mass is 9.96. The first-order valence-corrected chi connectivity index (χ1v) is 15.4. The monoisotopic (exact) mass is 611 g/mol. The highest BCUT2D eigenvalue weighted by atomic mass is 35.5. The van der Waals surface area contributed by atoms with Crippen LogP contribution in [0.15, 0.2) is 71.9 Å². The van der Waals surface area contributed by atoms with Crippen LogP contribution in [0.4, 0.5) is 0 Å². The lowest BCUT2D eigenvalue weighted by molar-refractivity contribution is 0.0949. The van der Waals surface area contributed by atoms with Crippen LogP contribution in [0.25, 0.3) is 22.5 Å². The maximum atomic E-state index is 12.5. The molecule has 2 aromatic heterocycles. The van der Waals surface area contributed by atoms with Gasteiger partial charge in [0.15, 0.2) is 11.1 Å². The number of amides is 1. The number of imidazole rings is 1. The number of rotatable bonds is 10. The van der Waals surface area contributed by atoms with E-state index in [1.165, 1.54) is 6.07 Å². The van der Waals surface area contributed by atoms with Gasteiger partial charge >= 0.3 is 0 Å². The minimum atomic E-state index is -2.20. The number of aromatic amines is 1. The minimum absolute atomic E-state index is 0.126. The normalized spacial score (nSPS) is 15.1. The fraction of sp³-hybridized carbons (Fsp3) is 0.300. The van der Waals surface area contributed by atoms with Crippen LogP contribution in [-0.4, -0.2) is 60.7 Å². The first-order valence-electron chi connectivity index (χ1n) is 13.6. The number of hydrogen-bond acceptors (Lipinski definition) is 5. The van der Waals surface area contributed by atoms with Crippen molar-refractivity contribution < 1.29 is 13.6 Å². The summed E-state index contributed by atoms with van der Waals surface area (Å²) in [5.41, 5.74) is 3.95. The molecule has 3 heterocycles. The molecule has 0 spiro atoms. The van der Waals surface area contributed by atoms with E-state index < -0.39 is 11.1 Å². The molecule has 11 heteroatoms. The van der Waals surface area contributed by atoms with Crippen LogP contribution in [0.5, 0.6) is 0 Å². The third kappa shape index (κ3) is 7.23. The Balaban J connectivity index is 1.14. The zero-order valence-corrected chi connectivity index (χ0v) is 24.7. The van der Waals surface area contributed by atoms with E-state index in [-0.39, 0.29) is 16.4 Å². The zero-order chi connectivity index (χ0) is 28.8. The first kappa shape index (κ1) is 29.4. The Morgan fingerprint density at radius 2 is 1.78 bits per heavy atom. The van der Waals surface area contributed by atoms with Gasteiger partial charge in [-0.3, -0.25) is 9.78 Å². The molecule has 3 N–H and O–H groups in total. The number of likely N-dealkylation sites (tertiary alicyclic amines) is 1. The van der Waals surface area contributed by atoms with Crippen molar-refractivity contribution in [3.05, 3.63) is 88.4 Å². The molecule has 41 heavy (non-hydrogen) atoms. The lowest BCUT2D eigenvalue weighted by Gasteiger charge is -2.31. The molecule has 0 radical (unpaired) electrons. The molecule has 1 atom stereocenters. The molecule has 214 valence electrons. The molecule has 2 aromatic carbocycles. The SMILES string of the molecule is O=C(NCCCCN1CCC(c2nc(-c3ccc(Cl)c(Cl)c3)c(-c3ccncc3)[nH]2)CC1)c1ccccc1S(=O)O. The van der Waals surface area contributed by atoms with Crippen molar-refractivity contribution in [2.45, 2.75) is 36.5 Å². The topological polar surface area (TPSA) is 111 Å². The number of benzene rings is 2. The number of nitrogens with zero attached hydrogens (tertiary/aromatic N) is 3. The van der Waals surface area contributed by atoms with Crippen LogP contribution in [0.2, 0.25) is 10.0 Å². The van der Waals surface area contributed by atoms with E-state index in [1.807, 2.05) is 24.3 Å². The van der Waals surface area contributed by atoms with Gasteiger partial charge in [-0.05, 0) is 81.7 Å². The Morgan fingerprint density at radius 3 is 2.51 bits per heavy atom. The van der Waals surface area contributed by atoms with Gasteiger partial charge in [0.05, 0.1) is 31.9 Å². The first-order chi connectivity index (χ1) is 19.9. The molecule has 4 aromatic rings. The smallest absolute Gasteiger partial charge is 0.252 e. The maximum absolute atomic E-state index is 12.5. The van der Waals surface area contributed by atoms with Crippen molar-refractivity contribution in [3.8, 4) is 22.5 Å². The molecule has 1 saturated heterocycles. The molecule has 1 unspecified atom stereocenters. The molecule has 1 amide bonds. The van der Waals surface area contributed by atoms with Gasteiger partial charge < -0.3 is 19.8 Å². The number of hydrogen-bond donors (Lipinski definition) is 3. The Morgan fingerprint density at radius 1 is 1.02 bits per heavy atom. The van der Waals surface area contributed by atoms with E-state index in [9.17, 15) is 13.6 Å². The Labute approximate surface area is 251 Å². The molecule has 8 nitrogen and oxygen atoms in total. The molecule has 5 rings (SSSR count). The average molecular weight is 613 g/mol. The van der Waals surface area contributed by atoms with Crippen LogP contribution < -0.4 is 5.32 Å². The van der Waals surface area contributed by atoms with Crippen molar-refractivity contribution in [2.75, 3.05) is 26.2 Å². The van der Waals surface area contributed by atoms with Gasteiger partial charge in [0.2, 0.25) is 0 Å². The highest BCUT2D eigenvalue weighted by Crippen LogP contribution is 2.36. The molecular formula is C30H31Cl2N5O3S. The number of carbonyl (C=O) groups excluding carboxylic acids is 1. The number of carbonyl (C=O) groups is 1. The summed E-state index contributed by atoms with van der Waals surface area (Å²) >= 11 is 10.3. The summed E-state index contributed by atoms with van der Waals surface area (Å²) in [7, 11) is 0. The van der Waals surface area contributed by atoms with E-state index in [4.69, 9.17) is 28.2 Å². The molecular weight excluding hydrogens is 581 g/mol. The third-order valence-electron chi connectivity index (χ3n) is 7.36. The zero-order valence-electron chi connectivity index (χ0n) is 22.4. The molecule has 0 aliphatic carbocycles. The summed E-state index contributed by atoms with van der Waals surface area (Å²) in [5.74, 6) is 0.970. The van der Waals surface area contributed by atoms with Gasteiger partial charge in [-0.1, -0.05) is 41.4 Å². The molecule has 0 saturated carbocycles. The van der Waals surface area contributed by atoms with Gasteiger partial charge in [0.25, 0.3) is 5.91 Å². The molecule has 0 bridgehead atoms. The van der Waals surface area contributed by atoms with Crippen LogP contribution in [0.3, 0.4) is 0 Å². The van der Waals surface area contributed by atoms with E-state index in [2.05, 4.69) is 20.2 Å². The summed E-state index contributed by atoms with van der Waals surface area (Å²) in [6.07, 6.45) is 7.32. The standard InChI is InChI=1S/C30H31Cl2N5O3S/c31-24-8-7-22(19-25(24)32)28-27(20-9-14-33-15-10-20)35-29(36-28)21-11-17-37(18-12-21)16-4-3-13-34-30(38)23-5-1-2-6-26(23)41(39)40/h1-2,5-10,14-15,19,21H,3-4,11-13,16-18H2,(H,34,38)(H,35,36)(H,39,40). The van der Waals surface area contributed by atoms with Gasteiger partial charge in [0, 0.05) is 36.0 Å². The van der Waals surface area contributed by atoms with Crippen molar-refractivity contribution in [2.24, 2.45) is 0 Å². The van der Waals surface area contributed by atoms with E-state index in [0.717, 1.165) is 73.7 Å². The number of pyridine rings is 1. The van der Waals surface area contributed by atoms with E-state index in [0.29, 0.717) is 22.5 Å². The van der Waals surface area contributed by atoms with Gasteiger partial charge in [-0.2, -0.15) is 0 Å². The van der Waals surface area contributed by atoms with Gasteiger partial charge in [-0.15, -0.1) is 0 Å². The fourth-order valence-electron chi connectivity index (χ4n) is 5.16. The largest absolute Gasteiger partial charge is 0.352 e. The number of nitrogens with one attached hydrogen (secondary N) is 2. The second-order valence-electron chi connectivity index (χ2n) is 10.0. The van der Waals surface area contributed by atoms with Crippen LogP contribution in [0, 0.1) is 0 Å². The van der Waals surface area contributed by atoms with Crippen LogP contribution in [0.1, 0.15) is 47.8 Å². The van der Waals surface area contributed by atoms with Crippen molar-refractivity contribution in [1.82, 2.24) is 25.2 Å². The number of H-pyrrole nitrogens is 1. The number of unbranched alkanes of at least 4 members (excludes halogenated alkanes) is 1. The molecule has 1 fully saturated rings. The Kier molecular flexibility index (Phi) is 9.84. The molecule has 1 aliphatic heterocycles. The van der Waals surface area contributed by atoms with Gasteiger partial charge in [0.1, 0.15) is 5.82 Å². The minimum Gasteiger partial charge on any atom is -0.352 e. The van der Waals surface area contributed by atoms with Crippen molar-refractivity contribution in [1.29, 1.82) is 0 Å². The fourth-order valence-corrected chi connectivity index (χ4v) is 6.00. The summed E-state index contributed by atoms with van der Waals surface area (Å²) in [4.78, 5) is 27.8. The quantitative estimate of drug-likeness (QED) is 0.141. The predicted octanol–water partition coefficient (Wildman–Crippen LogP) is 6.42. The Bertz CT molecular complexity index is 1520. The second kappa shape index (κ2) is 13.7. The third-order valence-corrected chi connectivity index (χ3v) is 8.84. The van der Waals surface area contributed by atoms with Crippen LogP contribution >= 0.6 is 23.2 Å². The summed E-state index contributed by atoms with van der Waals surface area (Å²) in [6.45, 7) is 3.42.